The van der Waals surface area contributed by atoms with Crippen molar-refractivity contribution in [2.75, 3.05) is 18.4 Å². The van der Waals surface area contributed by atoms with Crippen LogP contribution in [0.1, 0.15) is 13.3 Å². The van der Waals surface area contributed by atoms with Crippen LogP contribution in [0.2, 0.25) is 0 Å². The van der Waals surface area contributed by atoms with Crippen molar-refractivity contribution in [3.63, 3.8) is 0 Å². The van der Waals surface area contributed by atoms with Crippen LogP contribution >= 0.6 is 11.3 Å². The summed E-state index contributed by atoms with van der Waals surface area (Å²) in [5, 5.41) is 8.35. The first-order chi connectivity index (χ1) is 6.33. The van der Waals surface area contributed by atoms with Gasteiger partial charge in [-0.2, -0.15) is 0 Å². The van der Waals surface area contributed by atoms with Gasteiger partial charge in [-0.1, -0.05) is 6.92 Å². The maximum atomic E-state index is 11.1. The van der Waals surface area contributed by atoms with Crippen molar-refractivity contribution in [2.45, 2.75) is 13.3 Å². The SMILES string of the molecule is CCCNC(=O)CNc1nccs1. The molecule has 0 bridgehead atoms. The van der Waals surface area contributed by atoms with Crippen LogP contribution in [0.3, 0.4) is 0 Å². The van der Waals surface area contributed by atoms with Gasteiger partial charge in [-0.05, 0) is 6.42 Å². The first kappa shape index (κ1) is 9.98. The molecule has 0 atom stereocenters. The largest absolute Gasteiger partial charge is 0.355 e. The van der Waals surface area contributed by atoms with Gasteiger partial charge in [-0.25, -0.2) is 4.98 Å². The van der Waals surface area contributed by atoms with Crippen LogP contribution in [0, 0.1) is 0 Å². The molecule has 0 fully saturated rings. The smallest absolute Gasteiger partial charge is 0.239 e. The average molecular weight is 199 g/mol. The molecule has 1 rings (SSSR count). The molecule has 0 saturated carbocycles. The van der Waals surface area contributed by atoms with E-state index in [-0.39, 0.29) is 5.91 Å². The first-order valence-electron chi connectivity index (χ1n) is 4.23. The second-order valence-corrected chi connectivity index (χ2v) is 3.44. The Morgan fingerprint density at radius 3 is 3.15 bits per heavy atom. The molecule has 0 radical (unpaired) electrons. The van der Waals surface area contributed by atoms with E-state index in [1.54, 1.807) is 6.20 Å². The Bertz CT molecular complexity index is 248. The molecular weight excluding hydrogens is 186 g/mol. The fourth-order valence-corrected chi connectivity index (χ4v) is 1.32. The van der Waals surface area contributed by atoms with Gasteiger partial charge in [-0.15, -0.1) is 11.3 Å². The van der Waals surface area contributed by atoms with Crippen LogP contribution in [0.15, 0.2) is 11.6 Å². The minimum atomic E-state index is 0.0112. The molecular formula is C8H13N3OS. The standard InChI is InChI=1S/C8H13N3OS/c1-2-3-9-7(12)6-11-8-10-4-5-13-8/h4-5H,2-3,6H2,1H3,(H,9,12)(H,10,11). The van der Waals surface area contributed by atoms with E-state index in [9.17, 15) is 4.79 Å². The maximum Gasteiger partial charge on any atom is 0.239 e. The van der Waals surface area contributed by atoms with Crippen molar-refractivity contribution in [2.24, 2.45) is 0 Å². The lowest BCUT2D eigenvalue weighted by atomic mass is 10.4. The highest BCUT2D eigenvalue weighted by Crippen LogP contribution is 2.08. The van der Waals surface area contributed by atoms with E-state index in [4.69, 9.17) is 0 Å². The summed E-state index contributed by atoms with van der Waals surface area (Å²) in [6.45, 7) is 3.06. The van der Waals surface area contributed by atoms with Gasteiger partial charge in [0.2, 0.25) is 5.91 Å². The van der Waals surface area contributed by atoms with Crippen LogP contribution in [0.5, 0.6) is 0 Å². The Morgan fingerprint density at radius 1 is 1.69 bits per heavy atom. The Labute approximate surface area is 81.4 Å². The van der Waals surface area contributed by atoms with Gasteiger partial charge >= 0.3 is 0 Å². The molecule has 0 saturated heterocycles. The molecule has 1 heterocycles. The third kappa shape index (κ3) is 3.89. The van der Waals surface area contributed by atoms with Crippen molar-refractivity contribution in [1.82, 2.24) is 10.3 Å². The normalized spacial score (nSPS) is 9.62. The highest BCUT2D eigenvalue weighted by molar-refractivity contribution is 7.13. The number of rotatable bonds is 5. The molecule has 0 aromatic carbocycles. The number of hydrogen-bond donors (Lipinski definition) is 2. The predicted octanol–water partition coefficient (Wildman–Crippen LogP) is 1.08. The summed E-state index contributed by atoms with van der Waals surface area (Å²) >= 11 is 1.49. The maximum absolute atomic E-state index is 11.1. The number of aromatic nitrogens is 1. The van der Waals surface area contributed by atoms with Gasteiger partial charge < -0.3 is 10.6 Å². The number of hydrogen-bond acceptors (Lipinski definition) is 4. The number of anilines is 1. The minimum absolute atomic E-state index is 0.0112. The van der Waals surface area contributed by atoms with Gasteiger partial charge in [0.05, 0.1) is 6.54 Å². The van der Waals surface area contributed by atoms with E-state index < -0.39 is 0 Å². The molecule has 1 aromatic heterocycles. The van der Waals surface area contributed by atoms with Gasteiger partial charge in [-0.3, -0.25) is 4.79 Å². The van der Waals surface area contributed by atoms with Crippen LogP contribution in [0.25, 0.3) is 0 Å². The summed E-state index contributed by atoms with van der Waals surface area (Å²) in [6, 6.07) is 0. The molecule has 0 unspecified atom stereocenters. The van der Waals surface area contributed by atoms with E-state index in [0.29, 0.717) is 6.54 Å². The highest BCUT2D eigenvalue weighted by atomic mass is 32.1. The van der Waals surface area contributed by atoms with Crippen LogP contribution in [-0.4, -0.2) is 24.0 Å². The zero-order valence-corrected chi connectivity index (χ0v) is 8.36. The number of carbonyl (C=O) groups is 1. The van der Waals surface area contributed by atoms with Gasteiger partial charge in [0.25, 0.3) is 0 Å². The molecule has 0 aliphatic heterocycles. The summed E-state index contributed by atoms with van der Waals surface area (Å²) in [6.07, 6.45) is 2.67. The third-order valence-electron chi connectivity index (χ3n) is 1.40. The molecule has 0 spiro atoms. The molecule has 0 aliphatic rings. The van der Waals surface area contributed by atoms with E-state index >= 15 is 0 Å². The van der Waals surface area contributed by atoms with E-state index in [0.717, 1.165) is 18.1 Å². The lowest BCUT2D eigenvalue weighted by Gasteiger charge is -2.03. The fourth-order valence-electron chi connectivity index (χ4n) is 0.794. The second kappa shape index (κ2) is 5.53. The summed E-state index contributed by atoms with van der Waals surface area (Å²) < 4.78 is 0. The molecule has 72 valence electrons. The Hall–Kier alpha value is -1.10. The van der Waals surface area contributed by atoms with Gasteiger partial charge in [0, 0.05) is 18.1 Å². The quantitative estimate of drug-likeness (QED) is 0.746. The van der Waals surface area contributed by atoms with E-state index in [2.05, 4.69) is 15.6 Å². The minimum Gasteiger partial charge on any atom is -0.355 e. The zero-order valence-electron chi connectivity index (χ0n) is 7.54. The monoisotopic (exact) mass is 199 g/mol. The predicted molar refractivity (Wildman–Crippen MR) is 53.9 cm³/mol. The van der Waals surface area contributed by atoms with Gasteiger partial charge in [0.1, 0.15) is 0 Å². The summed E-state index contributed by atoms with van der Waals surface area (Å²) in [7, 11) is 0. The summed E-state index contributed by atoms with van der Waals surface area (Å²) in [5.41, 5.74) is 0. The molecule has 2 N–H and O–H groups in total. The first-order valence-corrected chi connectivity index (χ1v) is 5.11. The van der Waals surface area contributed by atoms with Crippen molar-refractivity contribution in [1.29, 1.82) is 0 Å². The number of carbonyl (C=O) groups excluding carboxylic acids is 1. The fraction of sp³-hybridized carbons (Fsp3) is 0.500. The lowest BCUT2D eigenvalue weighted by molar-refractivity contribution is -0.119. The zero-order chi connectivity index (χ0) is 9.52. The van der Waals surface area contributed by atoms with Gasteiger partial charge in [0.15, 0.2) is 5.13 Å². The molecule has 5 heteroatoms. The molecule has 0 aliphatic carbocycles. The van der Waals surface area contributed by atoms with Crippen molar-refractivity contribution in [3.8, 4) is 0 Å². The average Bonchev–Trinajstić information content (AvgIpc) is 2.64. The number of nitrogens with zero attached hydrogens (tertiary/aromatic N) is 1. The second-order valence-electron chi connectivity index (χ2n) is 2.54. The lowest BCUT2D eigenvalue weighted by Crippen LogP contribution is -2.30. The number of thiazole rings is 1. The van der Waals surface area contributed by atoms with Crippen molar-refractivity contribution in [3.05, 3.63) is 11.6 Å². The van der Waals surface area contributed by atoms with Crippen LogP contribution in [0.4, 0.5) is 5.13 Å². The number of amides is 1. The Kier molecular flexibility index (Phi) is 4.25. The third-order valence-corrected chi connectivity index (χ3v) is 2.14. The molecule has 13 heavy (non-hydrogen) atoms. The Balaban J connectivity index is 2.15. The molecule has 1 amide bonds. The molecule has 4 nitrogen and oxygen atoms in total. The van der Waals surface area contributed by atoms with E-state index in [1.165, 1.54) is 11.3 Å². The topological polar surface area (TPSA) is 54.0 Å². The van der Waals surface area contributed by atoms with E-state index in [1.807, 2.05) is 12.3 Å². The van der Waals surface area contributed by atoms with Crippen LogP contribution in [-0.2, 0) is 4.79 Å². The van der Waals surface area contributed by atoms with Crippen molar-refractivity contribution >= 4 is 22.4 Å². The molecule has 1 aromatic rings. The number of nitrogens with one attached hydrogen (secondary N) is 2. The van der Waals surface area contributed by atoms with Crippen molar-refractivity contribution < 1.29 is 4.79 Å². The van der Waals surface area contributed by atoms with Crippen LogP contribution < -0.4 is 10.6 Å². The highest BCUT2D eigenvalue weighted by Gasteiger charge is 1.99. The Morgan fingerprint density at radius 2 is 2.54 bits per heavy atom. The summed E-state index contributed by atoms with van der Waals surface area (Å²) in [4.78, 5) is 15.1. The summed E-state index contributed by atoms with van der Waals surface area (Å²) in [5.74, 6) is 0.0112.